The van der Waals surface area contributed by atoms with Gasteiger partial charge in [0, 0.05) is 4.88 Å². The SMILES string of the molecule is CCOC(=O)c1nc2c(s1)CCCCCC2. The maximum Gasteiger partial charge on any atom is 0.367 e. The molecule has 0 radical (unpaired) electrons. The number of hydrogen-bond donors (Lipinski definition) is 0. The molecule has 4 heteroatoms. The predicted octanol–water partition coefficient (Wildman–Crippen LogP) is 2.98. The largest absolute Gasteiger partial charge is 0.461 e. The van der Waals surface area contributed by atoms with Crippen molar-refractivity contribution in [3.63, 3.8) is 0 Å². The van der Waals surface area contributed by atoms with Crippen molar-refractivity contribution in [2.45, 2.75) is 45.4 Å². The molecule has 0 amide bonds. The molecule has 0 aromatic carbocycles. The number of hydrogen-bond acceptors (Lipinski definition) is 4. The molecule has 0 unspecified atom stereocenters. The van der Waals surface area contributed by atoms with Crippen molar-refractivity contribution in [3.8, 4) is 0 Å². The Kier molecular flexibility index (Phi) is 3.93. The third kappa shape index (κ3) is 2.61. The highest BCUT2D eigenvalue weighted by Crippen LogP contribution is 2.25. The van der Waals surface area contributed by atoms with Gasteiger partial charge in [0.1, 0.15) is 0 Å². The Morgan fingerprint density at radius 3 is 2.81 bits per heavy atom. The van der Waals surface area contributed by atoms with Crippen molar-refractivity contribution in [2.24, 2.45) is 0 Å². The lowest BCUT2D eigenvalue weighted by atomic mass is 10.0. The molecule has 0 bridgehead atoms. The summed E-state index contributed by atoms with van der Waals surface area (Å²) in [5.74, 6) is -0.265. The predicted molar refractivity (Wildman–Crippen MR) is 63.9 cm³/mol. The minimum Gasteiger partial charge on any atom is -0.461 e. The van der Waals surface area contributed by atoms with Crippen molar-refractivity contribution < 1.29 is 9.53 Å². The lowest BCUT2D eigenvalue weighted by Gasteiger charge is -2.06. The summed E-state index contributed by atoms with van der Waals surface area (Å²) in [6.45, 7) is 2.24. The smallest absolute Gasteiger partial charge is 0.367 e. The Hall–Kier alpha value is -0.900. The second-order valence-electron chi connectivity index (χ2n) is 4.02. The summed E-state index contributed by atoms with van der Waals surface area (Å²) in [4.78, 5) is 17.3. The number of rotatable bonds is 2. The van der Waals surface area contributed by atoms with E-state index in [4.69, 9.17) is 4.74 Å². The first-order valence-electron chi connectivity index (χ1n) is 5.97. The Balaban J connectivity index is 2.17. The fourth-order valence-electron chi connectivity index (χ4n) is 1.99. The van der Waals surface area contributed by atoms with Gasteiger partial charge in [0.05, 0.1) is 12.3 Å². The van der Waals surface area contributed by atoms with Crippen molar-refractivity contribution in [1.29, 1.82) is 0 Å². The Bertz CT molecular complexity index is 348. The van der Waals surface area contributed by atoms with E-state index >= 15 is 0 Å². The topological polar surface area (TPSA) is 39.2 Å². The number of aryl methyl sites for hydroxylation is 2. The maximum absolute atomic E-state index is 11.6. The van der Waals surface area contributed by atoms with Gasteiger partial charge in [0.25, 0.3) is 0 Å². The van der Waals surface area contributed by atoms with E-state index in [9.17, 15) is 4.79 Å². The highest BCUT2D eigenvalue weighted by atomic mass is 32.1. The maximum atomic E-state index is 11.6. The van der Waals surface area contributed by atoms with Crippen LogP contribution in [0.15, 0.2) is 0 Å². The molecule has 1 aliphatic carbocycles. The molecule has 0 saturated carbocycles. The van der Waals surface area contributed by atoms with Crippen molar-refractivity contribution in [1.82, 2.24) is 4.98 Å². The second-order valence-corrected chi connectivity index (χ2v) is 5.11. The summed E-state index contributed by atoms with van der Waals surface area (Å²) in [5, 5.41) is 0.536. The number of fused-ring (bicyclic) bond motifs is 1. The van der Waals surface area contributed by atoms with Crippen LogP contribution in [0.1, 0.15) is 53.0 Å². The van der Waals surface area contributed by atoms with Crippen LogP contribution in [0.5, 0.6) is 0 Å². The standard InChI is InChI=1S/C12H17NO2S/c1-2-15-12(14)11-13-9-7-5-3-4-6-8-10(9)16-11/h2-8H2,1H3. The molecule has 1 aliphatic rings. The molecule has 16 heavy (non-hydrogen) atoms. The van der Waals surface area contributed by atoms with Gasteiger partial charge in [-0.15, -0.1) is 11.3 Å². The van der Waals surface area contributed by atoms with E-state index in [0.29, 0.717) is 11.6 Å². The van der Waals surface area contributed by atoms with Gasteiger partial charge in [-0.05, 0) is 32.6 Å². The number of ether oxygens (including phenoxy) is 1. The molecule has 0 aliphatic heterocycles. The van der Waals surface area contributed by atoms with Crippen LogP contribution in [0, 0.1) is 0 Å². The summed E-state index contributed by atoms with van der Waals surface area (Å²) in [6.07, 6.45) is 7.09. The Morgan fingerprint density at radius 1 is 1.31 bits per heavy atom. The van der Waals surface area contributed by atoms with Crippen LogP contribution < -0.4 is 0 Å². The van der Waals surface area contributed by atoms with Crippen molar-refractivity contribution in [2.75, 3.05) is 6.61 Å². The number of carbonyl (C=O) groups excluding carboxylic acids is 1. The van der Waals surface area contributed by atoms with Crippen LogP contribution >= 0.6 is 11.3 Å². The van der Waals surface area contributed by atoms with E-state index in [-0.39, 0.29) is 5.97 Å². The molecular weight excluding hydrogens is 222 g/mol. The Morgan fingerprint density at radius 2 is 2.06 bits per heavy atom. The summed E-state index contributed by atoms with van der Waals surface area (Å²) in [7, 11) is 0. The highest BCUT2D eigenvalue weighted by Gasteiger charge is 2.18. The number of nitrogens with zero attached hydrogens (tertiary/aromatic N) is 1. The molecular formula is C12H17NO2S. The molecule has 0 fully saturated rings. The molecule has 1 aromatic heterocycles. The normalized spacial score (nSPS) is 16.1. The van der Waals surface area contributed by atoms with E-state index in [2.05, 4.69) is 4.98 Å². The molecule has 1 aromatic rings. The van der Waals surface area contributed by atoms with E-state index in [0.717, 1.165) is 18.5 Å². The van der Waals surface area contributed by atoms with E-state index < -0.39 is 0 Å². The zero-order chi connectivity index (χ0) is 11.4. The first-order chi connectivity index (χ1) is 7.81. The minimum absolute atomic E-state index is 0.265. The average Bonchev–Trinajstić information content (AvgIpc) is 2.61. The van der Waals surface area contributed by atoms with Crippen LogP contribution in [0.2, 0.25) is 0 Å². The van der Waals surface area contributed by atoms with Gasteiger partial charge < -0.3 is 4.74 Å². The number of esters is 1. The number of carbonyl (C=O) groups is 1. The summed E-state index contributed by atoms with van der Waals surface area (Å²) < 4.78 is 4.98. The lowest BCUT2D eigenvalue weighted by Crippen LogP contribution is -2.04. The van der Waals surface area contributed by atoms with Crippen molar-refractivity contribution >= 4 is 17.3 Å². The van der Waals surface area contributed by atoms with Gasteiger partial charge >= 0.3 is 5.97 Å². The lowest BCUT2D eigenvalue weighted by molar-refractivity contribution is 0.0525. The van der Waals surface area contributed by atoms with Gasteiger partial charge in [-0.25, -0.2) is 9.78 Å². The average molecular weight is 239 g/mol. The molecule has 1 heterocycles. The molecule has 0 saturated heterocycles. The van der Waals surface area contributed by atoms with Crippen LogP contribution in [0.25, 0.3) is 0 Å². The molecule has 88 valence electrons. The van der Waals surface area contributed by atoms with Crippen LogP contribution in [0.3, 0.4) is 0 Å². The first-order valence-corrected chi connectivity index (χ1v) is 6.78. The molecule has 0 spiro atoms. The van der Waals surface area contributed by atoms with Crippen molar-refractivity contribution in [3.05, 3.63) is 15.6 Å². The van der Waals surface area contributed by atoms with Gasteiger partial charge in [0.2, 0.25) is 5.01 Å². The quantitative estimate of drug-likeness (QED) is 0.745. The summed E-state index contributed by atoms with van der Waals surface area (Å²) in [6, 6.07) is 0. The van der Waals surface area contributed by atoms with Crippen LogP contribution in [-0.4, -0.2) is 17.6 Å². The first kappa shape index (κ1) is 11.6. The fraction of sp³-hybridized carbons (Fsp3) is 0.667. The monoisotopic (exact) mass is 239 g/mol. The second kappa shape index (κ2) is 5.43. The third-order valence-corrected chi connectivity index (χ3v) is 3.93. The van der Waals surface area contributed by atoms with E-state index in [1.807, 2.05) is 6.92 Å². The fourth-order valence-corrected chi connectivity index (χ4v) is 3.03. The summed E-state index contributed by atoms with van der Waals surface area (Å²) >= 11 is 1.52. The summed E-state index contributed by atoms with van der Waals surface area (Å²) in [5.41, 5.74) is 1.13. The molecule has 3 nitrogen and oxygen atoms in total. The molecule has 0 atom stereocenters. The third-order valence-electron chi connectivity index (χ3n) is 2.80. The van der Waals surface area contributed by atoms with Crippen LogP contribution in [0.4, 0.5) is 0 Å². The van der Waals surface area contributed by atoms with Gasteiger partial charge in [-0.1, -0.05) is 12.8 Å². The van der Waals surface area contributed by atoms with E-state index in [1.54, 1.807) is 0 Å². The zero-order valence-electron chi connectivity index (χ0n) is 9.62. The van der Waals surface area contributed by atoms with Gasteiger partial charge in [-0.3, -0.25) is 0 Å². The van der Waals surface area contributed by atoms with Gasteiger partial charge in [-0.2, -0.15) is 0 Å². The highest BCUT2D eigenvalue weighted by molar-refractivity contribution is 7.13. The zero-order valence-corrected chi connectivity index (χ0v) is 10.4. The van der Waals surface area contributed by atoms with Crippen LogP contribution in [-0.2, 0) is 17.6 Å². The van der Waals surface area contributed by atoms with E-state index in [1.165, 1.54) is 41.9 Å². The minimum atomic E-state index is -0.265. The van der Waals surface area contributed by atoms with Gasteiger partial charge in [0.15, 0.2) is 0 Å². The number of aromatic nitrogens is 1. The molecule has 2 rings (SSSR count). The Labute approximate surface area is 99.8 Å². The molecule has 0 N–H and O–H groups in total. The number of thiazole rings is 1.